The molecule has 0 aliphatic carbocycles. The lowest BCUT2D eigenvalue weighted by atomic mass is 10.3. The molecule has 2 rings (SSSR count). The summed E-state index contributed by atoms with van der Waals surface area (Å²) in [7, 11) is 0. The van der Waals surface area contributed by atoms with Gasteiger partial charge in [0.25, 0.3) is 11.6 Å². The molecule has 0 atom stereocenters. The molecule has 0 aliphatic rings. The number of nitro groups is 2. The first-order chi connectivity index (χ1) is 11.2. The third kappa shape index (κ3) is 3.94. The van der Waals surface area contributed by atoms with Crippen molar-refractivity contribution >= 4 is 55.0 Å². The van der Waals surface area contributed by atoms with Crippen LogP contribution in [-0.4, -0.2) is 25.5 Å². The quantitative estimate of drug-likeness (QED) is 0.535. The number of hydrogen-bond donors (Lipinski definition) is 1. The molecular weight excluding hydrogens is 454 g/mol. The predicted octanol–water partition coefficient (Wildman–Crippen LogP) is 3.17. The SMILES string of the molecule is Cc1cc([N+](=O)[O-])n(CC(=O)Nc2c(Br)cc([N+](=O)[O-])cc2Br)n1. The third-order valence-corrected chi connectivity index (χ3v) is 4.11. The fourth-order valence-electron chi connectivity index (χ4n) is 1.89. The minimum atomic E-state index is -0.634. The maximum absolute atomic E-state index is 12.1. The second kappa shape index (κ2) is 7.05. The first kappa shape index (κ1) is 18.0. The highest BCUT2D eigenvalue weighted by atomic mass is 79.9. The molecule has 0 spiro atoms. The van der Waals surface area contributed by atoms with E-state index in [1.807, 2.05) is 0 Å². The summed E-state index contributed by atoms with van der Waals surface area (Å²) in [4.78, 5) is 32.6. The number of nitrogens with zero attached hydrogens (tertiary/aromatic N) is 4. The lowest BCUT2D eigenvalue weighted by Gasteiger charge is -2.09. The lowest BCUT2D eigenvalue weighted by molar-refractivity contribution is -0.392. The number of anilines is 1. The Morgan fingerprint density at radius 2 is 1.79 bits per heavy atom. The highest BCUT2D eigenvalue weighted by Gasteiger charge is 2.21. The van der Waals surface area contributed by atoms with E-state index < -0.39 is 15.8 Å². The van der Waals surface area contributed by atoms with Crippen molar-refractivity contribution < 1.29 is 14.6 Å². The van der Waals surface area contributed by atoms with Crippen molar-refractivity contribution in [2.24, 2.45) is 0 Å². The van der Waals surface area contributed by atoms with E-state index in [4.69, 9.17) is 0 Å². The zero-order chi connectivity index (χ0) is 18.0. The van der Waals surface area contributed by atoms with Gasteiger partial charge in [-0.1, -0.05) is 5.10 Å². The average molecular weight is 463 g/mol. The van der Waals surface area contributed by atoms with Gasteiger partial charge in [-0.15, -0.1) is 4.68 Å². The van der Waals surface area contributed by atoms with Crippen molar-refractivity contribution in [2.45, 2.75) is 13.5 Å². The molecule has 126 valence electrons. The van der Waals surface area contributed by atoms with Crippen molar-refractivity contribution in [3.63, 3.8) is 0 Å². The molecule has 1 N–H and O–H groups in total. The van der Waals surface area contributed by atoms with Crippen LogP contribution in [0.3, 0.4) is 0 Å². The zero-order valence-electron chi connectivity index (χ0n) is 12.0. The van der Waals surface area contributed by atoms with E-state index in [-0.39, 0.29) is 23.7 Å². The molecule has 0 saturated heterocycles. The fraction of sp³-hybridized carbons (Fsp3) is 0.167. The van der Waals surface area contributed by atoms with Crippen LogP contribution in [0.1, 0.15) is 5.69 Å². The third-order valence-electron chi connectivity index (χ3n) is 2.86. The number of rotatable bonds is 5. The van der Waals surface area contributed by atoms with Gasteiger partial charge in [0.2, 0.25) is 0 Å². The average Bonchev–Trinajstić information content (AvgIpc) is 2.83. The molecule has 24 heavy (non-hydrogen) atoms. The number of carbonyl (C=O) groups excluding carboxylic acids is 1. The van der Waals surface area contributed by atoms with Crippen LogP contribution in [0.4, 0.5) is 17.2 Å². The monoisotopic (exact) mass is 461 g/mol. The molecular formula is C12H9Br2N5O5. The summed E-state index contributed by atoms with van der Waals surface area (Å²) in [5.41, 5.74) is 0.523. The number of aryl methyl sites for hydroxylation is 1. The van der Waals surface area contributed by atoms with Crippen molar-refractivity contribution in [3.8, 4) is 0 Å². The largest absolute Gasteiger partial charge is 0.358 e. The molecule has 0 fully saturated rings. The molecule has 1 aromatic heterocycles. The maximum atomic E-state index is 12.1. The first-order valence-electron chi connectivity index (χ1n) is 6.31. The van der Waals surface area contributed by atoms with Gasteiger partial charge in [-0.25, -0.2) is 0 Å². The number of nitro benzene ring substituents is 1. The van der Waals surface area contributed by atoms with Gasteiger partial charge in [0.1, 0.15) is 0 Å². The number of aromatic nitrogens is 2. The summed E-state index contributed by atoms with van der Waals surface area (Å²) in [6.45, 7) is 1.20. The zero-order valence-corrected chi connectivity index (χ0v) is 15.2. The van der Waals surface area contributed by atoms with E-state index in [1.54, 1.807) is 6.92 Å². The minimum absolute atomic E-state index is 0.162. The van der Waals surface area contributed by atoms with Gasteiger partial charge < -0.3 is 15.4 Å². The van der Waals surface area contributed by atoms with Crippen LogP contribution in [0, 0.1) is 27.2 Å². The Morgan fingerprint density at radius 1 is 1.21 bits per heavy atom. The van der Waals surface area contributed by atoms with Crippen molar-refractivity contribution in [1.82, 2.24) is 9.78 Å². The van der Waals surface area contributed by atoms with Crippen LogP contribution in [-0.2, 0) is 11.3 Å². The van der Waals surface area contributed by atoms with Crippen molar-refractivity contribution in [3.05, 3.63) is 53.1 Å². The second-order valence-corrected chi connectivity index (χ2v) is 6.36. The standard InChI is InChI=1S/C12H9Br2N5O5/c1-6-2-11(19(23)24)17(16-6)5-10(20)15-12-8(13)3-7(18(21)22)4-9(12)14/h2-4H,5H2,1H3,(H,15,20). The van der Waals surface area contributed by atoms with Gasteiger partial charge in [0, 0.05) is 21.1 Å². The van der Waals surface area contributed by atoms with Crippen LogP contribution in [0.5, 0.6) is 0 Å². The lowest BCUT2D eigenvalue weighted by Crippen LogP contribution is -2.21. The molecule has 0 bridgehead atoms. The smallest absolute Gasteiger partial charge is 0.345 e. The first-order valence-corrected chi connectivity index (χ1v) is 7.89. The maximum Gasteiger partial charge on any atom is 0.345 e. The van der Waals surface area contributed by atoms with Crippen LogP contribution in [0.2, 0.25) is 0 Å². The van der Waals surface area contributed by atoms with Crippen LogP contribution in [0.15, 0.2) is 27.1 Å². The van der Waals surface area contributed by atoms with Crippen LogP contribution in [0.25, 0.3) is 0 Å². The molecule has 12 heteroatoms. The molecule has 0 saturated carbocycles. The molecule has 1 aromatic carbocycles. The van der Waals surface area contributed by atoms with Crippen molar-refractivity contribution in [2.75, 3.05) is 5.32 Å². The number of carbonyl (C=O) groups is 1. The predicted molar refractivity (Wildman–Crippen MR) is 90.7 cm³/mol. The highest BCUT2D eigenvalue weighted by molar-refractivity contribution is 9.11. The van der Waals surface area contributed by atoms with E-state index >= 15 is 0 Å². The van der Waals surface area contributed by atoms with Gasteiger partial charge in [-0.3, -0.25) is 14.9 Å². The molecule has 1 heterocycles. The topological polar surface area (TPSA) is 133 Å². The fourth-order valence-corrected chi connectivity index (χ4v) is 3.26. The van der Waals surface area contributed by atoms with Crippen LogP contribution >= 0.6 is 31.9 Å². The van der Waals surface area contributed by atoms with Gasteiger partial charge in [-0.2, -0.15) is 0 Å². The van der Waals surface area contributed by atoms with Crippen LogP contribution < -0.4 is 5.32 Å². The Morgan fingerprint density at radius 3 is 2.29 bits per heavy atom. The molecule has 0 unspecified atom stereocenters. The Bertz CT molecular complexity index is 827. The number of non-ortho nitro benzene ring substituents is 1. The van der Waals surface area contributed by atoms with E-state index in [1.165, 1.54) is 18.2 Å². The van der Waals surface area contributed by atoms with Gasteiger partial charge in [0.15, 0.2) is 6.54 Å². The minimum Gasteiger partial charge on any atom is -0.358 e. The number of hydrogen-bond acceptors (Lipinski definition) is 6. The van der Waals surface area contributed by atoms with E-state index in [0.717, 1.165) is 4.68 Å². The van der Waals surface area contributed by atoms with Gasteiger partial charge >= 0.3 is 5.82 Å². The van der Waals surface area contributed by atoms with Gasteiger partial charge in [0.05, 0.1) is 22.4 Å². The number of nitrogens with one attached hydrogen (secondary N) is 1. The summed E-state index contributed by atoms with van der Waals surface area (Å²) in [6, 6.07) is 3.73. The normalized spacial score (nSPS) is 10.5. The van der Waals surface area contributed by atoms with Crippen molar-refractivity contribution in [1.29, 1.82) is 0 Å². The molecule has 0 radical (unpaired) electrons. The number of halogens is 2. The van der Waals surface area contributed by atoms with E-state index in [2.05, 4.69) is 42.3 Å². The Kier molecular flexibility index (Phi) is 5.29. The van der Waals surface area contributed by atoms with E-state index in [0.29, 0.717) is 14.6 Å². The molecule has 10 nitrogen and oxygen atoms in total. The van der Waals surface area contributed by atoms with Gasteiger partial charge in [-0.05, 0) is 43.7 Å². The summed E-state index contributed by atoms with van der Waals surface area (Å²) in [5, 5.41) is 28.1. The summed E-state index contributed by atoms with van der Waals surface area (Å²) < 4.78 is 1.56. The Labute approximate surface area is 151 Å². The molecule has 0 aliphatic heterocycles. The summed E-state index contributed by atoms with van der Waals surface area (Å²) >= 11 is 6.28. The van der Waals surface area contributed by atoms with E-state index in [9.17, 15) is 25.0 Å². The molecule has 2 aromatic rings. The summed E-state index contributed by atoms with van der Waals surface area (Å²) in [6.07, 6.45) is 0. The second-order valence-electron chi connectivity index (χ2n) is 4.65. The Balaban J connectivity index is 2.22. The summed E-state index contributed by atoms with van der Waals surface area (Å²) in [5.74, 6) is -0.874. The molecule has 1 amide bonds. The number of amides is 1. The Hall–Kier alpha value is -2.34. The number of benzene rings is 1. The highest BCUT2D eigenvalue weighted by Crippen LogP contribution is 2.35.